The van der Waals surface area contributed by atoms with Crippen molar-refractivity contribution in [2.45, 2.75) is 12.6 Å². The van der Waals surface area contributed by atoms with Crippen LogP contribution >= 0.6 is 0 Å². The minimum atomic E-state index is 0.317. The van der Waals surface area contributed by atoms with E-state index >= 15 is 0 Å². The summed E-state index contributed by atoms with van der Waals surface area (Å²) in [6.45, 7) is 3.83. The lowest BCUT2D eigenvalue weighted by molar-refractivity contribution is 0.149. The average molecular weight is 283 g/mol. The van der Waals surface area contributed by atoms with Crippen molar-refractivity contribution in [3.63, 3.8) is 0 Å². The van der Waals surface area contributed by atoms with Crippen LogP contribution in [0.4, 0.5) is 0 Å². The Balaban J connectivity index is 1.84. The summed E-state index contributed by atoms with van der Waals surface area (Å²) in [4.78, 5) is 6.92. The number of rotatable bonds is 4. The van der Waals surface area contributed by atoms with Crippen LogP contribution in [0, 0.1) is 0 Å². The van der Waals surface area contributed by atoms with E-state index in [1.807, 2.05) is 30.5 Å². The minimum Gasteiger partial charge on any atom is -0.496 e. The zero-order valence-electron chi connectivity index (χ0n) is 12.3. The summed E-state index contributed by atoms with van der Waals surface area (Å²) < 4.78 is 5.53. The Morgan fingerprint density at radius 2 is 2.10 bits per heavy atom. The van der Waals surface area contributed by atoms with Crippen LogP contribution in [0.15, 0.2) is 48.7 Å². The number of hydrogen-bond donors (Lipinski definition) is 1. The fourth-order valence-corrected chi connectivity index (χ4v) is 2.88. The molecule has 0 aliphatic carbocycles. The molecule has 0 bridgehead atoms. The van der Waals surface area contributed by atoms with Crippen LogP contribution in [-0.2, 0) is 6.54 Å². The number of methoxy groups -OCH3 is 1. The Labute approximate surface area is 125 Å². The third-order valence-corrected chi connectivity index (χ3v) is 3.94. The van der Waals surface area contributed by atoms with Gasteiger partial charge in [-0.05, 0) is 18.2 Å². The molecule has 0 spiro atoms. The van der Waals surface area contributed by atoms with E-state index in [0.29, 0.717) is 6.04 Å². The van der Waals surface area contributed by atoms with Gasteiger partial charge in [0, 0.05) is 37.9 Å². The smallest absolute Gasteiger partial charge is 0.123 e. The maximum absolute atomic E-state index is 5.53. The number of benzene rings is 1. The van der Waals surface area contributed by atoms with Gasteiger partial charge in [0.15, 0.2) is 0 Å². The molecule has 2 heterocycles. The molecule has 110 valence electrons. The molecule has 1 atom stereocenters. The van der Waals surface area contributed by atoms with Gasteiger partial charge in [-0.3, -0.25) is 9.88 Å². The summed E-state index contributed by atoms with van der Waals surface area (Å²) >= 11 is 0. The molecule has 0 amide bonds. The lowest BCUT2D eigenvalue weighted by Gasteiger charge is -2.36. The predicted octanol–water partition coefficient (Wildman–Crippen LogP) is 2.24. The Morgan fingerprint density at radius 3 is 2.90 bits per heavy atom. The first kappa shape index (κ1) is 14.0. The normalized spacial score (nSPS) is 19.4. The first-order valence-electron chi connectivity index (χ1n) is 7.36. The molecule has 1 N–H and O–H groups in total. The van der Waals surface area contributed by atoms with Crippen molar-refractivity contribution in [2.75, 3.05) is 26.7 Å². The Morgan fingerprint density at radius 1 is 1.24 bits per heavy atom. The van der Waals surface area contributed by atoms with Gasteiger partial charge >= 0.3 is 0 Å². The number of nitrogens with zero attached hydrogens (tertiary/aromatic N) is 2. The maximum Gasteiger partial charge on any atom is 0.123 e. The highest BCUT2D eigenvalue weighted by Crippen LogP contribution is 2.30. The molecule has 1 aliphatic heterocycles. The van der Waals surface area contributed by atoms with Gasteiger partial charge in [-0.1, -0.05) is 24.3 Å². The van der Waals surface area contributed by atoms with Crippen LogP contribution in [0.5, 0.6) is 5.75 Å². The summed E-state index contributed by atoms with van der Waals surface area (Å²) in [6, 6.07) is 14.7. The highest BCUT2D eigenvalue weighted by Gasteiger charge is 2.26. The predicted molar refractivity (Wildman–Crippen MR) is 83.3 cm³/mol. The van der Waals surface area contributed by atoms with E-state index in [-0.39, 0.29) is 0 Å². The van der Waals surface area contributed by atoms with Crippen LogP contribution < -0.4 is 10.1 Å². The maximum atomic E-state index is 5.53. The Kier molecular flexibility index (Phi) is 4.48. The summed E-state index contributed by atoms with van der Waals surface area (Å²) in [5.74, 6) is 0.956. The number of ether oxygens (including phenoxy) is 1. The number of para-hydroxylation sites is 1. The zero-order chi connectivity index (χ0) is 14.5. The third kappa shape index (κ3) is 3.23. The van der Waals surface area contributed by atoms with Crippen LogP contribution in [0.3, 0.4) is 0 Å². The monoisotopic (exact) mass is 283 g/mol. The first-order chi connectivity index (χ1) is 10.4. The van der Waals surface area contributed by atoms with Crippen molar-refractivity contribution in [1.29, 1.82) is 0 Å². The van der Waals surface area contributed by atoms with Gasteiger partial charge in [0.2, 0.25) is 0 Å². The second-order valence-electron chi connectivity index (χ2n) is 5.25. The average Bonchev–Trinajstić information content (AvgIpc) is 2.56. The van der Waals surface area contributed by atoms with Gasteiger partial charge in [0.25, 0.3) is 0 Å². The molecular formula is C17H21N3O. The summed E-state index contributed by atoms with van der Waals surface area (Å²) in [6.07, 6.45) is 1.86. The fourth-order valence-electron chi connectivity index (χ4n) is 2.88. The third-order valence-electron chi connectivity index (χ3n) is 3.94. The van der Waals surface area contributed by atoms with Crippen LogP contribution in [0.25, 0.3) is 0 Å². The van der Waals surface area contributed by atoms with Crippen molar-refractivity contribution >= 4 is 0 Å². The van der Waals surface area contributed by atoms with Gasteiger partial charge in [-0.15, -0.1) is 0 Å². The number of aromatic nitrogens is 1. The molecule has 1 aromatic carbocycles. The molecule has 1 aliphatic rings. The molecule has 1 fully saturated rings. The summed E-state index contributed by atoms with van der Waals surface area (Å²) in [5, 5.41) is 3.48. The number of pyridine rings is 1. The first-order valence-corrected chi connectivity index (χ1v) is 7.36. The van der Waals surface area contributed by atoms with Crippen molar-refractivity contribution in [2.24, 2.45) is 0 Å². The Hall–Kier alpha value is -1.91. The molecule has 3 rings (SSSR count). The molecule has 21 heavy (non-hydrogen) atoms. The molecule has 1 aromatic heterocycles. The van der Waals surface area contributed by atoms with Gasteiger partial charge in [-0.2, -0.15) is 0 Å². The highest BCUT2D eigenvalue weighted by atomic mass is 16.5. The fraction of sp³-hybridized carbons (Fsp3) is 0.353. The standard InChI is InChI=1S/C17H21N3O/c1-21-17-8-3-2-7-15(17)16-12-18-10-11-20(16)13-14-6-4-5-9-19-14/h2-9,16,18H,10-13H2,1H3. The molecule has 1 unspecified atom stereocenters. The highest BCUT2D eigenvalue weighted by molar-refractivity contribution is 5.36. The second kappa shape index (κ2) is 6.70. The second-order valence-corrected chi connectivity index (χ2v) is 5.25. The van der Waals surface area contributed by atoms with E-state index in [4.69, 9.17) is 4.74 Å². The zero-order valence-corrected chi connectivity index (χ0v) is 12.3. The molecule has 4 nitrogen and oxygen atoms in total. The number of nitrogens with one attached hydrogen (secondary N) is 1. The summed E-state index contributed by atoms with van der Waals surface area (Å²) in [7, 11) is 1.73. The molecule has 0 radical (unpaired) electrons. The van der Waals surface area contributed by atoms with Gasteiger partial charge in [-0.25, -0.2) is 0 Å². The molecule has 0 saturated carbocycles. The molecular weight excluding hydrogens is 262 g/mol. The molecule has 4 heteroatoms. The van der Waals surface area contributed by atoms with E-state index in [2.05, 4.69) is 33.4 Å². The quantitative estimate of drug-likeness (QED) is 0.934. The largest absolute Gasteiger partial charge is 0.496 e. The van der Waals surface area contributed by atoms with E-state index < -0.39 is 0 Å². The van der Waals surface area contributed by atoms with Crippen LogP contribution in [-0.4, -0.2) is 36.6 Å². The lowest BCUT2D eigenvalue weighted by Crippen LogP contribution is -2.45. The summed E-state index contributed by atoms with van der Waals surface area (Å²) in [5.41, 5.74) is 2.35. The van der Waals surface area contributed by atoms with E-state index in [1.165, 1.54) is 5.56 Å². The topological polar surface area (TPSA) is 37.4 Å². The van der Waals surface area contributed by atoms with E-state index in [1.54, 1.807) is 7.11 Å². The van der Waals surface area contributed by atoms with Crippen molar-refractivity contribution < 1.29 is 4.74 Å². The number of hydrogen-bond acceptors (Lipinski definition) is 4. The Bertz CT molecular complexity index is 573. The van der Waals surface area contributed by atoms with Crippen LogP contribution in [0.1, 0.15) is 17.3 Å². The molecule has 2 aromatic rings. The lowest BCUT2D eigenvalue weighted by atomic mass is 10.0. The van der Waals surface area contributed by atoms with E-state index in [0.717, 1.165) is 37.6 Å². The van der Waals surface area contributed by atoms with Gasteiger partial charge < -0.3 is 10.1 Å². The minimum absolute atomic E-state index is 0.317. The van der Waals surface area contributed by atoms with E-state index in [9.17, 15) is 0 Å². The van der Waals surface area contributed by atoms with Crippen molar-refractivity contribution in [3.05, 3.63) is 59.9 Å². The number of piperazine rings is 1. The van der Waals surface area contributed by atoms with Gasteiger partial charge in [0.1, 0.15) is 5.75 Å². The van der Waals surface area contributed by atoms with Crippen LogP contribution in [0.2, 0.25) is 0 Å². The van der Waals surface area contributed by atoms with Crippen molar-refractivity contribution in [3.8, 4) is 5.75 Å². The van der Waals surface area contributed by atoms with Gasteiger partial charge in [0.05, 0.1) is 18.8 Å². The van der Waals surface area contributed by atoms with Crippen molar-refractivity contribution in [1.82, 2.24) is 15.2 Å². The molecule has 1 saturated heterocycles. The SMILES string of the molecule is COc1ccccc1C1CNCCN1Cc1ccccn1.